The molecule has 0 radical (unpaired) electrons. The first-order valence-electron chi connectivity index (χ1n) is 5.84. The molecular formula is C13H19N3O. The second-order valence-electron chi connectivity index (χ2n) is 4.32. The van der Waals surface area contributed by atoms with E-state index in [0.717, 1.165) is 11.4 Å². The Morgan fingerprint density at radius 1 is 1.41 bits per heavy atom. The summed E-state index contributed by atoms with van der Waals surface area (Å²) in [7, 11) is 0. The average Bonchev–Trinajstić information content (AvgIpc) is 2.29. The van der Waals surface area contributed by atoms with Gasteiger partial charge in [-0.05, 0) is 32.4 Å². The van der Waals surface area contributed by atoms with Crippen LogP contribution in [-0.2, 0) is 0 Å². The fourth-order valence-corrected chi connectivity index (χ4v) is 1.62. The number of nitrogens with zero attached hydrogens (tertiary/aromatic N) is 3. The van der Waals surface area contributed by atoms with Crippen molar-refractivity contribution in [3.05, 3.63) is 23.9 Å². The highest BCUT2D eigenvalue weighted by Crippen LogP contribution is 2.17. The van der Waals surface area contributed by atoms with E-state index in [4.69, 9.17) is 5.26 Å². The Kier molecular flexibility index (Phi) is 4.92. The topological polar surface area (TPSA) is 60.2 Å². The fraction of sp³-hybridized carbons (Fsp3) is 0.538. The van der Waals surface area contributed by atoms with Gasteiger partial charge in [-0.15, -0.1) is 0 Å². The summed E-state index contributed by atoms with van der Waals surface area (Å²) in [6, 6.07) is 6.20. The molecule has 1 heterocycles. The number of aliphatic hydroxyl groups excluding tert-OH is 1. The number of anilines is 1. The van der Waals surface area contributed by atoms with Crippen LogP contribution in [0.3, 0.4) is 0 Å². The van der Waals surface area contributed by atoms with Gasteiger partial charge in [0, 0.05) is 18.8 Å². The summed E-state index contributed by atoms with van der Waals surface area (Å²) < 4.78 is 0. The molecule has 1 N–H and O–H groups in total. The van der Waals surface area contributed by atoms with Crippen molar-refractivity contribution in [1.82, 2.24) is 4.98 Å². The van der Waals surface area contributed by atoms with Crippen LogP contribution < -0.4 is 4.90 Å². The summed E-state index contributed by atoms with van der Waals surface area (Å²) in [5.74, 6) is 0.847. The maximum Gasteiger partial charge on any atom is 0.128 e. The second kappa shape index (κ2) is 6.21. The Morgan fingerprint density at radius 3 is 2.53 bits per heavy atom. The Labute approximate surface area is 103 Å². The van der Waals surface area contributed by atoms with E-state index >= 15 is 0 Å². The van der Waals surface area contributed by atoms with Crippen molar-refractivity contribution in [2.24, 2.45) is 0 Å². The molecule has 92 valence electrons. The van der Waals surface area contributed by atoms with Gasteiger partial charge < -0.3 is 10.0 Å². The predicted octanol–water partition coefficient (Wildman–Crippen LogP) is 2.26. The maximum atomic E-state index is 9.41. The molecular weight excluding hydrogens is 214 g/mol. The van der Waals surface area contributed by atoms with Crippen molar-refractivity contribution in [3.8, 4) is 6.07 Å². The van der Waals surface area contributed by atoms with Gasteiger partial charge in [0.2, 0.25) is 0 Å². The molecule has 0 amide bonds. The number of aliphatic hydroxyl groups is 1. The molecule has 1 rings (SSSR count). The van der Waals surface area contributed by atoms with E-state index in [1.54, 1.807) is 13.1 Å². The highest BCUT2D eigenvalue weighted by atomic mass is 16.3. The normalized spacial score (nSPS) is 12.2. The Morgan fingerprint density at radius 2 is 2.12 bits per heavy atom. The lowest BCUT2D eigenvalue weighted by Crippen LogP contribution is -2.32. The molecule has 4 heteroatoms. The van der Waals surface area contributed by atoms with Crippen LogP contribution in [0.1, 0.15) is 38.9 Å². The van der Waals surface area contributed by atoms with E-state index in [1.165, 1.54) is 0 Å². The Balaban J connectivity index is 2.84. The van der Waals surface area contributed by atoms with Gasteiger partial charge in [0.05, 0.1) is 18.6 Å². The zero-order valence-electron chi connectivity index (χ0n) is 10.6. The van der Waals surface area contributed by atoms with Gasteiger partial charge in [-0.1, -0.05) is 6.07 Å². The van der Waals surface area contributed by atoms with Crippen LogP contribution in [0.5, 0.6) is 0 Å². The molecule has 0 bridgehead atoms. The maximum absolute atomic E-state index is 9.41. The molecule has 0 aliphatic carbocycles. The molecule has 0 fully saturated rings. The minimum Gasteiger partial charge on any atom is -0.389 e. The first kappa shape index (κ1) is 13.5. The molecule has 0 aliphatic rings. The molecule has 0 spiro atoms. The third-order valence-electron chi connectivity index (χ3n) is 2.64. The smallest absolute Gasteiger partial charge is 0.128 e. The number of nitriles is 1. The fourth-order valence-electron chi connectivity index (χ4n) is 1.62. The van der Waals surface area contributed by atoms with E-state index < -0.39 is 6.10 Å². The number of hydrogen-bond donors (Lipinski definition) is 1. The van der Waals surface area contributed by atoms with Crippen LogP contribution in [0.15, 0.2) is 18.3 Å². The lowest BCUT2D eigenvalue weighted by Gasteiger charge is -2.27. The number of rotatable bonds is 5. The van der Waals surface area contributed by atoms with E-state index in [9.17, 15) is 5.11 Å². The molecule has 0 saturated heterocycles. The van der Waals surface area contributed by atoms with Gasteiger partial charge in [-0.2, -0.15) is 5.26 Å². The van der Waals surface area contributed by atoms with Crippen molar-refractivity contribution in [1.29, 1.82) is 5.26 Å². The summed E-state index contributed by atoms with van der Waals surface area (Å²) in [4.78, 5) is 6.41. The first-order valence-corrected chi connectivity index (χ1v) is 5.84. The number of hydrogen-bond acceptors (Lipinski definition) is 4. The van der Waals surface area contributed by atoms with Gasteiger partial charge in [0.25, 0.3) is 0 Å². The van der Waals surface area contributed by atoms with Gasteiger partial charge in [-0.25, -0.2) is 4.98 Å². The lowest BCUT2D eigenvalue weighted by atomic mass is 10.2. The van der Waals surface area contributed by atoms with Gasteiger partial charge in [0.15, 0.2) is 0 Å². The molecule has 0 aromatic carbocycles. The van der Waals surface area contributed by atoms with Gasteiger partial charge >= 0.3 is 0 Å². The highest BCUT2D eigenvalue weighted by Gasteiger charge is 2.11. The minimum absolute atomic E-state index is 0.299. The molecule has 0 unspecified atom stereocenters. The summed E-state index contributed by atoms with van der Waals surface area (Å²) in [5, 5.41) is 18.0. The summed E-state index contributed by atoms with van der Waals surface area (Å²) in [6.07, 6.45) is 1.67. The Bertz CT molecular complexity index is 379. The van der Waals surface area contributed by atoms with Crippen LogP contribution in [0.4, 0.5) is 5.82 Å². The largest absolute Gasteiger partial charge is 0.389 e. The predicted molar refractivity (Wildman–Crippen MR) is 67.6 cm³/mol. The van der Waals surface area contributed by atoms with Crippen molar-refractivity contribution >= 4 is 5.82 Å². The Hall–Kier alpha value is -1.60. The van der Waals surface area contributed by atoms with Crippen LogP contribution >= 0.6 is 0 Å². The monoisotopic (exact) mass is 233 g/mol. The van der Waals surface area contributed by atoms with E-state index in [2.05, 4.69) is 29.8 Å². The lowest BCUT2D eigenvalue weighted by molar-refractivity contribution is 0.199. The zero-order valence-corrected chi connectivity index (χ0v) is 10.6. The van der Waals surface area contributed by atoms with Crippen molar-refractivity contribution in [2.75, 3.05) is 11.4 Å². The van der Waals surface area contributed by atoms with E-state index in [-0.39, 0.29) is 0 Å². The molecule has 1 aromatic heterocycles. The average molecular weight is 233 g/mol. The first-order chi connectivity index (χ1) is 8.06. The quantitative estimate of drug-likeness (QED) is 0.847. The molecule has 4 nitrogen and oxygen atoms in total. The minimum atomic E-state index is -0.497. The second-order valence-corrected chi connectivity index (χ2v) is 4.32. The van der Waals surface area contributed by atoms with Crippen molar-refractivity contribution < 1.29 is 5.11 Å². The van der Waals surface area contributed by atoms with E-state index in [0.29, 0.717) is 19.0 Å². The standard InChI is InChI=1S/C13H19N3O/c1-10(2)16(8-4-7-14)13-6-5-12(9-15-13)11(3)17/h5-6,9-11,17H,4,8H2,1-3H3/t11-/m1/s1. The molecule has 0 saturated carbocycles. The molecule has 0 aliphatic heterocycles. The number of pyridine rings is 1. The van der Waals surface area contributed by atoms with Crippen molar-refractivity contribution in [3.63, 3.8) is 0 Å². The third kappa shape index (κ3) is 3.72. The zero-order chi connectivity index (χ0) is 12.8. The highest BCUT2D eigenvalue weighted by molar-refractivity contribution is 5.40. The number of aromatic nitrogens is 1. The summed E-state index contributed by atoms with van der Waals surface area (Å²) >= 11 is 0. The third-order valence-corrected chi connectivity index (χ3v) is 2.64. The van der Waals surface area contributed by atoms with Crippen LogP contribution in [0.25, 0.3) is 0 Å². The van der Waals surface area contributed by atoms with Crippen LogP contribution in [-0.4, -0.2) is 22.7 Å². The summed E-state index contributed by atoms with van der Waals surface area (Å²) in [6.45, 7) is 6.53. The molecule has 1 atom stereocenters. The molecule has 1 aromatic rings. The van der Waals surface area contributed by atoms with Gasteiger partial charge in [0.1, 0.15) is 5.82 Å². The van der Waals surface area contributed by atoms with Crippen LogP contribution in [0.2, 0.25) is 0 Å². The van der Waals surface area contributed by atoms with Gasteiger partial charge in [-0.3, -0.25) is 0 Å². The van der Waals surface area contributed by atoms with Crippen LogP contribution in [0, 0.1) is 11.3 Å². The SMILES string of the molecule is CC(C)N(CCC#N)c1ccc([C@@H](C)O)cn1. The van der Waals surface area contributed by atoms with E-state index in [1.807, 2.05) is 12.1 Å². The van der Waals surface area contributed by atoms with Crippen molar-refractivity contribution in [2.45, 2.75) is 39.3 Å². The molecule has 17 heavy (non-hydrogen) atoms. The summed E-state index contributed by atoms with van der Waals surface area (Å²) in [5.41, 5.74) is 0.803.